The van der Waals surface area contributed by atoms with Crippen molar-refractivity contribution in [3.63, 3.8) is 0 Å². The first-order valence-corrected chi connectivity index (χ1v) is 11.6. The van der Waals surface area contributed by atoms with Gasteiger partial charge in [-0.1, -0.05) is 61.5 Å². The Bertz CT molecular complexity index is 947. The van der Waals surface area contributed by atoms with Crippen LogP contribution in [-0.2, 0) is 0 Å². The first kappa shape index (κ1) is 23.9. The summed E-state index contributed by atoms with van der Waals surface area (Å²) in [5.74, 6) is 0.767. The number of halogens is 1. The van der Waals surface area contributed by atoms with Crippen LogP contribution in [0.4, 0.5) is 0 Å². The fourth-order valence-electron chi connectivity index (χ4n) is 3.50. The lowest BCUT2D eigenvalue weighted by Gasteiger charge is -2.31. The van der Waals surface area contributed by atoms with Crippen LogP contribution in [0, 0.1) is 11.3 Å². The number of benzene rings is 1. The van der Waals surface area contributed by atoms with Gasteiger partial charge in [0.2, 0.25) is 0 Å². The van der Waals surface area contributed by atoms with Gasteiger partial charge in [-0.05, 0) is 55.7 Å². The maximum Gasteiger partial charge on any atom is 0.0984 e. The highest BCUT2D eigenvalue weighted by Gasteiger charge is 2.31. The van der Waals surface area contributed by atoms with Gasteiger partial charge < -0.3 is 10.6 Å². The van der Waals surface area contributed by atoms with E-state index in [2.05, 4.69) is 37.1 Å². The largest absolute Gasteiger partial charge is 0.381 e. The average Bonchev–Trinajstić information content (AvgIpc) is 2.76. The van der Waals surface area contributed by atoms with Gasteiger partial charge in [0.1, 0.15) is 0 Å². The van der Waals surface area contributed by atoms with Gasteiger partial charge in [0, 0.05) is 28.9 Å². The minimum atomic E-state index is -0.187. The normalized spacial score (nSPS) is 17.5. The molecule has 0 spiro atoms. The van der Waals surface area contributed by atoms with Gasteiger partial charge in [-0.15, -0.1) is 11.8 Å². The molecule has 1 aliphatic heterocycles. The number of hydrogen-bond acceptors (Lipinski definition) is 4. The standard InChI is InChI=1S/C25H30ClN3S/c1-6-14-30-25-20(15-27)24(19-12-10-11-13-22(19)26)21(17(5)29-25)16-28-23(9-4)18(7-2)8-3/h7-13,24,28-29H,2,6,14,16H2,1,3-5H3/b18-8-,23-9+. The van der Waals surface area contributed by atoms with Crippen molar-refractivity contribution in [3.8, 4) is 6.07 Å². The monoisotopic (exact) mass is 439 g/mol. The fourth-order valence-corrected chi connectivity index (χ4v) is 4.70. The highest BCUT2D eigenvalue weighted by Crippen LogP contribution is 2.42. The maximum absolute atomic E-state index is 10.1. The van der Waals surface area contributed by atoms with Crippen molar-refractivity contribution in [1.82, 2.24) is 10.6 Å². The Morgan fingerprint density at radius 1 is 1.33 bits per heavy atom. The minimum Gasteiger partial charge on any atom is -0.381 e. The Hall–Kier alpha value is -2.35. The van der Waals surface area contributed by atoms with E-state index >= 15 is 0 Å². The zero-order valence-corrected chi connectivity index (χ0v) is 19.8. The van der Waals surface area contributed by atoms with Crippen LogP contribution in [-0.4, -0.2) is 12.3 Å². The number of nitriles is 1. The average molecular weight is 440 g/mol. The fraction of sp³-hybridized carbons (Fsp3) is 0.320. The van der Waals surface area contributed by atoms with E-state index in [1.807, 2.05) is 56.3 Å². The van der Waals surface area contributed by atoms with Gasteiger partial charge in [0.25, 0.3) is 0 Å². The number of rotatable bonds is 9. The Morgan fingerprint density at radius 2 is 2.07 bits per heavy atom. The molecule has 0 bridgehead atoms. The van der Waals surface area contributed by atoms with Crippen molar-refractivity contribution in [2.45, 2.75) is 40.0 Å². The summed E-state index contributed by atoms with van der Waals surface area (Å²) in [5.41, 5.74) is 5.91. The summed E-state index contributed by atoms with van der Waals surface area (Å²) in [7, 11) is 0. The number of allylic oxidation sites excluding steroid dienone is 5. The summed E-state index contributed by atoms with van der Waals surface area (Å²) in [6, 6.07) is 10.3. The second kappa shape index (κ2) is 11.7. The van der Waals surface area contributed by atoms with Crippen LogP contribution in [0.2, 0.25) is 5.02 Å². The predicted octanol–water partition coefficient (Wildman–Crippen LogP) is 6.80. The summed E-state index contributed by atoms with van der Waals surface area (Å²) < 4.78 is 0. The SMILES string of the molecule is C=CC(=C/C)/C(=C\C)NCC1=C(C)NC(SCCC)=C(C#N)C1c1ccccc1Cl. The number of hydrogen-bond donors (Lipinski definition) is 2. The lowest BCUT2D eigenvalue weighted by atomic mass is 9.82. The molecule has 2 rings (SSSR count). The Balaban J connectivity index is 2.50. The summed E-state index contributed by atoms with van der Waals surface area (Å²) in [6.07, 6.45) is 6.95. The van der Waals surface area contributed by atoms with Crippen LogP contribution in [0.15, 0.2) is 82.2 Å². The summed E-state index contributed by atoms with van der Waals surface area (Å²) in [5, 5.41) is 18.7. The van der Waals surface area contributed by atoms with Gasteiger partial charge >= 0.3 is 0 Å². The second-order valence-corrected chi connectivity index (χ2v) is 8.45. The van der Waals surface area contributed by atoms with Crippen LogP contribution < -0.4 is 10.6 Å². The molecule has 30 heavy (non-hydrogen) atoms. The summed E-state index contributed by atoms with van der Waals surface area (Å²) >= 11 is 8.29. The van der Waals surface area contributed by atoms with Crippen molar-refractivity contribution in [2.75, 3.05) is 12.3 Å². The summed E-state index contributed by atoms with van der Waals surface area (Å²) in [6.45, 7) is 12.7. The van der Waals surface area contributed by atoms with E-state index in [0.717, 1.165) is 50.9 Å². The van der Waals surface area contributed by atoms with E-state index in [0.29, 0.717) is 11.6 Å². The number of nitrogens with zero attached hydrogens (tertiary/aromatic N) is 1. The number of dihydropyridines is 1. The molecule has 2 N–H and O–H groups in total. The van der Waals surface area contributed by atoms with Crippen molar-refractivity contribution >= 4 is 23.4 Å². The quantitative estimate of drug-likeness (QED) is 0.415. The van der Waals surface area contributed by atoms with Crippen LogP contribution in [0.1, 0.15) is 45.6 Å². The number of nitrogens with one attached hydrogen (secondary N) is 2. The molecule has 0 radical (unpaired) electrons. The summed E-state index contributed by atoms with van der Waals surface area (Å²) in [4.78, 5) is 0. The van der Waals surface area contributed by atoms with E-state index in [-0.39, 0.29) is 5.92 Å². The molecule has 1 unspecified atom stereocenters. The zero-order valence-electron chi connectivity index (χ0n) is 18.2. The Kier molecular flexibility index (Phi) is 9.36. The molecule has 0 fully saturated rings. The van der Waals surface area contributed by atoms with Crippen molar-refractivity contribution in [1.29, 1.82) is 5.26 Å². The third-order valence-electron chi connectivity index (χ3n) is 5.05. The molecule has 0 saturated carbocycles. The molecule has 5 heteroatoms. The Labute approximate surface area is 190 Å². The third-order valence-corrected chi connectivity index (χ3v) is 6.62. The van der Waals surface area contributed by atoms with Gasteiger partial charge in [-0.25, -0.2) is 0 Å². The van der Waals surface area contributed by atoms with Crippen molar-refractivity contribution in [2.24, 2.45) is 0 Å². The smallest absolute Gasteiger partial charge is 0.0984 e. The van der Waals surface area contributed by atoms with Gasteiger partial charge in [0.05, 0.1) is 16.7 Å². The molecule has 0 aliphatic carbocycles. The molecule has 1 atom stereocenters. The lowest BCUT2D eigenvalue weighted by molar-refractivity contribution is 0.750. The maximum atomic E-state index is 10.1. The molecule has 3 nitrogen and oxygen atoms in total. The van der Waals surface area contributed by atoms with Crippen LogP contribution in [0.5, 0.6) is 0 Å². The molecule has 1 aromatic carbocycles. The first-order chi connectivity index (χ1) is 14.5. The molecule has 1 heterocycles. The zero-order chi connectivity index (χ0) is 22.1. The first-order valence-electron chi connectivity index (χ1n) is 10.2. The van der Waals surface area contributed by atoms with Crippen molar-refractivity contribution in [3.05, 3.63) is 92.8 Å². The molecular weight excluding hydrogens is 410 g/mol. The third kappa shape index (κ3) is 5.41. The predicted molar refractivity (Wildman–Crippen MR) is 131 cm³/mol. The highest BCUT2D eigenvalue weighted by atomic mass is 35.5. The van der Waals surface area contributed by atoms with E-state index in [9.17, 15) is 5.26 Å². The molecule has 0 saturated heterocycles. The number of thioether (sulfide) groups is 1. The van der Waals surface area contributed by atoms with Crippen LogP contribution in [0.3, 0.4) is 0 Å². The van der Waals surface area contributed by atoms with E-state index in [4.69, 9.17) is 11.6 Å². The van der Waals surface area contributed by atoms with Crippen LogP contribution in [0.25, 0.3) is 0 Å². The van der Waals surface area contributed by atoms with E-state index in [1.165, 1.54) is 0 Å². The Morgan fingerprint density at radius 3 is 2.63 bits per heavy atom. The molecule has 0 aromatic heterocycles. The molecule has 1 aliphatic rings. The molecule has 1 aromatic rings. The topological polar surface area (TPSA) is 47.8 Å². The highest BCUT2D eigenvalue weighted by molar-refractivity contribution is 8.03. The minimum absolute atomic E-state index is 0.187. The van der Waals surface area contributed by atoms with Gasteiger partial charge in [0.15, 0.2) is 0 Å². The van der Waals surface area contributed by atoms with Crippen molar-refractivity contribution < 1.29 is 0 Å². The van der Waals surface area contributed by atoms with E-state index in [1.54, 1.807) is 11.8 Å². The van der Waals surface area contributed by atoms with Crippen LogP contribution >= 0.6 is 23.4 Å². The molecule has 158 valence electrons. The van der Waals surface area contributed by atoms with Gasteiger partial charge in [-0.2, -0.15) is 5.26 Å². The molecule has 0 amide bonds. The van der Waals surface area contributed by atoms with Gasteiger partial charge in [-0.3, -0.25) is 0 Å². The lowest BCUT2D eigenvalue weighted by Crippen LogP contribution is -2.30. The van der Waals surface area contributed by atoms with E-state index < -0.39 is 0 Å². The molecular formula is C25H30ClN3S. The second-order valence-electron chi connectivity index (χ2n) is 6.94.